The van der Waals surface area contributed by atoms with Gasteiger partial charge in [0, 0.05) is 40.4 Å². The van der Waals surface area contributed by atoms with Crippen molar-refractivity contribution in [1.29, 1.82) is 0 Å². The molecule has 1 rings (SSSR count). The van der Waals surface area contributed by atoms with Crippen LogP contribution in [0.15, 0.2) is 0 Å². The SMILES string of the molecule is COCC(=O)N1CCCN(C(=O)COC)CC1. The maximum absolute atomic E-state index is 11.6. The zero-order valence-electron chi connectivity index (χ0n) is 10.5. The molecule has 6 heteroatoms. The van der Waals surface area contributed by atoms with Gasteiger partial charge in [-0.05, 0) is 6.42 Å². The lowest BCUT2D eigenvalue weighted by Crippen LogP contribution is -2.39. The minimum Gasteiger partial charge on any atom is -0.375 e. The van der Waals surface area contributed by atoms with E-state index in [1.165, 1.54) is 14.2 Å². The highest BCUT2D eigenvalue weighted by Crippen LogP contribution is 2.04. The van der Waals surface area contributed by atoms with Gasteiger partial charge >= 0.3 is 0 Å². The number of nitrogens with zero attached hydrogens (tertiary/aromatic N) is 2. The smallest absolute Gasteiger partial charge is 0.248 e. The van der Waals surface area contributed by atoms with E-state index in [1.807, 2.05) is 0 Å². The molecular weight excluding hydrogens is 224 g/mol. The molecule has 1 fully saturated rings. The Morgan fingerprint density at radius 1 is 0.882 bits per heavy atom. The van der Waals surface area contributed by atoms with Crippen LogP contribution in [0.4, 0.5) is 0 Å². The van der Waals surface area contributed by atoms with E-state index in [2.05, 4.69) is 0 Å². The molecular formula is C11H20N2O4. The van der Waals surface area contributed by atoms with Crippen LogP contribution in [0.2, 0.25) is 0 Å². The largest absolute Gasteiger partial charge is 0.375 e. The molecule has 0 radical (unpaired) electrons. The molecule has 1 aliphatic rings. The molecule has 98 valence electrons. The monoisotopic (exact) mass is 244 g/mol. The Kier molecular flexibility index (Phi) is 5.93. The van der Waals surface area contributed by atoms with E-state index in [0.717, 1.165) is 6.42 Å². The third-order valence-electron chi connectivity index (χ3n) is 2.74. The number of amides is 2. The van der Waals surface area contributed by atoms with Crippen molar-refractivity contribution in [3.05, 3.63) is 0 Å². The van der Waals surface area contributed by atoms with E-state index in [9.17, 15) is 9.59 Å². The van der Waals surface area contributed by atoms with Gasteiger partial charge in [0.1, 0.15) is 13.2 Å². The summed E-state index contributed by atoms with van der Waals surface area (Å²) in [5.74, 6) is -0.0397. The van der Waals surface area contributed by atoms with Gasteiger partial charge in [-0.3, -0.25) is 9.59 Å². The van der Waals surface area contributed by atoms with Crippen LogP contribution in [0.25, 0.3) is 0 Å². The Labute approximate surface area is 101 Å². The summed E-state index contributed by atoms with van der Waals surface area (Å²) in [5.41, 5.74) is 0. The highest BCUT2D eigenvalue weighted by molar-refractivity contribution is 5.79. The quantitative estimate of drug-likeness (QED) is 0.659. The molecule has 1 heterocycles. The zero-order chi connectivity index (χ0) is 12.7. The first-order chi connectivity index (χ1) is 8.19. The van der Waals surface area contributed by atoms with Crippen LogP contribution in [-0.2, 0) is 19.1 Å². The summed E-state index contributed by atoms with van der Waals surface area (Å²) in [5, 5.41) is 0. The maximum atomic E-state index is 11.6. The van der Waals surface area contributed by atoms with E-state index in [1.54, 1.807) is 9.80 Å². The van der Waals surface area contributed by atoms with Gasteiger partial charge in [-0.2, -0.15) is 0 Å². The van der Waals surface area contributed by atoms with Crippen molar-refractivity contribution < 1.29 is 19.1 Å². The van der Waals surface area contributed by atoms with Crippen LogP contribution in [-0.4, -0.2) is 75.2 Å². The fourth-order valence-corrected chi connectivity index (χ4v) is 1.85. The van der Waals surface area contributed by atoms with Crippen molar-refractivity contribution in [2.24, 2.45) is 0 Å². The first kappa shape index (κ1) is 13.9. The Morgan fingerprint density at radius 3 is 1.65 bits per heavy atom. The lowest BCUT2D eigenvalue weighted by molar-refractivity contribution is -0.137. The molecule has 0 aromatic rings. The van der Waals surface area contributed by atoms with Gasteiger partial charge in [0.25, 0.3) is 0 Å². The fourth-order valence-electron chi connectivity index (χ4n) is 1.85. The molecule has 1 aliphatic heterocycles. The normalized spacial score (nSPS) is 16.8. The van der Waals surface area contributed by atoms with Crippen LogP contribution >= 0.6 is 0 Å². The van der Waals surface area contributed by atoms with Crippen molar-refractivity contribution >= 4 is 11.8 Å². The summed E-state index contributed by atoms with van der Waals surface area (Å²) in [6, 6.07) is 0. The number of carbonyl (C=O) groups excluding carboxylic acids is 2. The molecule has 0 aliphatic carbocycles. The summed E-state index contributed by atoms with van der Waals surface area (Å²) in [6.07, 6.45) is 0.797. The maximum Gasteiger partial charge on any atom is 0.248 e. The molecule has 0 aromatic heterocycles. The highest BCUT2D eigenvalue weighted by Gasteiger charge is 2.21. The van der Waals surface area contributed by atoms with Gasteiger partial charge in [-0.15, -0.1) is 0 Å². The first-order valence-corrected chi connectivity index (χ1v) is 5.72. The van der Waals surface area contributed by atoms with Crippen LogP contribution in [0.1, 0.15) is 6.42 Å². The van der Waals surface area contributed by atoms with E-state index in [-0.39, 0.29) is 25.0 Å². The number of ether oxygens (including phenoxy) is 2. The standard InChI is InChI=1S/C11H20N2O4/c1-16-8-10(14)12-4-3-5-13(7-6-12)11(15)9-17-2/h3-9H2,1-2H3. The molecule has 0 aromatic carbocycles. The summed E-state index contributed by atoms with van der Waals surface area (Å²) < 4.78 is 9.64. The minimum atomic E-state index is -0.0199. The van der Waals surface area contributed by atoms with Crippen LogP contribution in [0.3, 0.4) is 0 Å². The highest BCUT2D eigenvalue weighted by atomic mass is 16.5. The molecule has 1 saturated heterocycles. The van der Waals surface area contributed by atoms with Crippen molar-refractivity contribution in [3.63, 3.8) is 0 Å². The average Bonchev–Trinajstić information content (AvgIpc) is 2.55. The van der Waals surface area contributed by atoms with E-state index in [0.29, 0.717) is 26.2 Å². The Hall–Kier alpha value is -1.14. The van der Waals surface area contributed by atoms with Gasteiger partial charge in [0.2, 0.25) is 11.8 Å². The minimum absolute atomic E-state index is 0.0199. The Balaban J connectivity index is 2.44. The molecule has 0 atom stereocenters. The van der Waals surface area contributed by atoms with Gasteiger partial charge in [0.05, 0.1) is 0 Å². The van der Waals surface area contributed by atoms with Crippen LogP contribution in [0, 0.1) is 0 Å². The second-order valence-electron chi connectivity index (χ2n) is 3.98. The van der Waals surface area contributed by atoms with Crippen LogP contribution < -0.4 is 0 Å². The molecule has 0 N–H and O–H groups in total. The lowest BCUT2D eigenvalue weighted by Gasteiger charge is -2.21. The van der Waals surface area contributed by atoms with Crippen molar-refractivity contribution in [2.45, 2.75) is 6.42 Å². The van der Waals surface area contributed by atoms with Crippen molar-refractivity contribution in [2.75, 3.05) is 53.6 Å². The molecule has 17 heavy (non-hydrogen) atoms. The third-order valence-corrected chi connectivity index (χ3v) is 2.74. The molecule has 0 unspecified atom stereocenters. The summed E-state index contributed by atoms with van der Waals surface area (Å²) in [6.45, 7) is 2.70. The average molecular weight is 244 g/mol. The summed E-state index contributed by atoms with van der Waals surface area (Å²) in [4.78, 5) is 26.7. The third kappa shape index (κ3) is 4.32. The fraction of sp³-hybridized carbons (Fsp3) is 0.818. The zero-order valence-corrected chi connectivity index (χ0v) is 10.5. The molecule has 2 amide bonds. The number of rotatable bonds is 4. The van der Waals surface area contributed by atoms with Gasteiger partial charge in [-0.1, -0.05) is 0 Å². The molecule has 6 nitrogen and oxygen atoms in total. The van der Waals surface area contributed by atoms with Crippen LogP contribution in [0.5, 0.6) is 0 Å². The summed E-state index contributed by atoms with van der Waals surface area (Å²) in [7, 11) is 3.01. The predicted molar refractivity (Wildman–Crippen MR) is 61.5 cm³/mol. The Bertz CT molecular complexity index is 244. The number of hydrogen-bond donors (Lipinski definition) is 0. The summed E-state index contributed by atoms with van der Waals surface area (Å²) >= 11 is 0. The lowest BCUT2D eigenvalue weighted by atomic mass is 10.3. The van der Waals surface area contributed by atoms with Gasteiger partial charge in [0.15, 0.2) is 0 Å². The second kappa shape index (κ2) is 7.24. The molecule has 0 spiro atoms. The van der Waals surface area contributed by atoms with Crippen molar-refractivity contribution in [3.8, 4) is 0 Å². The van der Waals surface area contributed by atoms with E-state index < -0.39 is 0 Å². The Morgan fingerprint density at radius 2 is 1.29 bits per heavy atom. The number of carbonyl (C=O) groups is 2. The topological polar surface area (TPSA) is 59.1 Å². The number of methoxy groups -OCH3 is 2. The van der Waals surface area contributed by atoms with Gasteiger partial charge < -0.3 is 19.3 Å². The number of hydrogen-bond acceptors (Lipinski definition) is 4. The second-order valence-corrected chi connectivity index (χ2v) is 3.98. The first-order valence-electron chi connectivity index (χ1n) is 5.72. The van der Waals surface area contributed by atoms with Crippen molar-refractivity contribution in [1.82, 2.24) is 9.80 Å². The van der Waals surface area contributed by atoms with E-state index in [4.69, 9.17) is 9.47 Å². The van der Waals surface area contributed by atoms with Gasteiger partial charge in [-0.25, -0.2) is 0 Å². The molecule has 0 bridgehead atoms. The van der Waals surface area contributed by atoms with E-state index >= 15 is 0 Å². The predicted octanol–water partition coefficient (Wildman–Crippen LogP) is -0.660. The molecule has 0 saturated carbocycles.